The molecule has 246 valence electrons. The van der Waals surface area contributed by atoms with Gasteiger partial charge >= 0.3 is 0 Å². The maximum atomic E-state index is 10.7. The summed E-state index contributed by atoms with van der Waals surface area (Å²) < 4.78 is 6.95. The zero-order valence-corrected chi connectivity index (χ0v) is 28.6. The van der Waals surface area contributed by atoms with Crippen LogP contribution in [0.2, 0.25) is 0 Å². The van der Waals surface area contributed by atoms with Gasteiger partial charge in [-0.2, -0.15) is 5.26 Å². The van der Waals surface area contributed by atoms with Crippen LogP contribution in [0.1, 0.15) is 5.56 Å². The molecule has 0 unspecified atom stereocenters. The Labute approximate surface area is 305 Å². The summed E-state index contributed by atoms with van der Waals surface area (Å²) in [5.41, 5.74) is 12.6. The van der Waals surface area contributed by atoms with Crippen LogP contribution in [-0.2, 0) is 0 Å². The molecule has 0 spiro atoms. The number of nitrogens with zero attached hydrogens (tertiary/aromatic N) is 4. The number of nitriles is 1. The maximum Gasteiger partial charge on any atom is 0.101 e. The van der Waals surface area contributed by atoms with E-state index < -0.39 is 0 Å². The molecule has 11 aromatic rings. The van der Waals surface area contributed by atoms with Gasteiger partial charge in [0, 0.05) is 43.7 Å². The molecule has 0 saturated carbocycles. The molecule has 4 heteroatoms. The fraction of sp³-hybridized carbons (Fsp3) is 0. The first-order valence-electron chi connectivity index (χ1n) is 17.9. The van der Waals surface area contributed by atoms with Gasteiger partial charge in [0.1, 0.15) is 6.07 Å². The van der Waals surface area contributed by atoms with E-state index in [-0.39, 0.29) is 0 Å². The van der Waals surface area contributed by atoms with Gasteiger partial charge in [0.05, 0.1) is 44.4 Å². The van der Waals surface area contributed by atoms with Gasteiger partial charge < -0.3 is 13.7 Å². The molecule has 53 heavy (non-hydrogen) atoms. The average molecular weight is 675 g/mol. The molecular formula is C49H30N4. The highest BCUT2D eigenvalue weighted by molar-refractivity contribution is 6.19. The lowest BCUT2D eigenvalue weighted by molar-refractivity contribution is 1.16. The van der Waals surface area contributed by atoms with Crippen LogP contribution in [0.3, 0.4) is 0 Å². The quantitative estimate of drug-likeness (QED) is 0.183. The van der Waals surface area contributed by atoms with Crippen molar-refractivity contribution in [2.75, 3.05) is 0 Å². The number of hydrogen-bond donors (Lipinski definition) is 0. The van der Waals surface area contributed by atoms with Crippen molar-refractivity contribution in [3.05, 3.63) is 188 Å². The van der Waals surface area contributed by atoms with E-state index in [4.69, 9.17) is 0 Å². The van der Waals surface area contributed by atoms with Crippen LogP contribution in [-0.4, -0.2) is 13.7 Å². The summed E-state index contributed by atoms with van der Waals surface area (Å²) in [6, 6.07) is 67.0. The maximum absolute atomic E-state index is 10.7. The van der Waals surface area contributed by atoms with Crippen molar-refractivity contribution in [1.29, 1.82) is 5.26 Å². The molecule has 0 aliphatic rings. The van der Waals surface area contributed by atoms with Crippen molar-refractivity contribution >= 4 is 65.4 Å². The molecule has 0 fully saturated rings. The highest BCUT2D eigenvalue weighted by Gasteiger charge is 2.20. The normalized spacial score (nSPS) is 11.8. The van der Waals surface area contributed by atoms with Gasteiger partial charge in [-0.15, -0.1) is 0 Å². The third-order valence-corrected chi connectivity index (χ3v) is 10.9. The highest BCUT2D eigenvalue weighted by atomic mass is 15.0. The number of benzene rings is 8. The fourth-order valence-corrected chi connectivity index (χ4v) is 8.55. The van der Waals surface area contributed by atoms with Gasteiger partial charge in [0.2, 0.25) is 0 Å². The Bertz CT molecular complexity index is 3220. The Hall–Kier alpha value is -7.35. The van der Waals surface area contributed by atoms with E-state index >= 15 is 0 Å². The van der Waals surface area contributed by atoms with Crippen LogP contribution in [0.15, 0.2) is 182 Å². The molecule has 11 rings (SSSR count). The van der Waals surface area contributed by atoms with E-state index in [2.05, 4.69) is 196 Å². The Balaban J connectivity index is 1.08. The number of rotatable bonds is 4. The first kappa shape index (κ1) is 29.4. The van der Waals surface area contributed by atoms with Crippen molar-refractivity contribution in [3.8, 4) is 34.3 Å². The lowest BCUT2D eigenvalue weighted by Gasteiger charge is -2.13. The topological polar surface area (TPSA) is 38.6 Å². The van der Waals surface area contributed by atoms with Crippen LogP contribution in [0.4, 0.5) is 0 Å². The molecule has 8 aromatic carbocycles. The summed E-state index contributed by atoms with van der Waals surface area (Å²) in [5.74, 6) is 0. The monoisotopic (exact) mass is 674 g/mol. The number of aromatic nitrogens is 3. The van der Waals surface area contributed by atoms with E-state index in [1.807, 2.05) is 6.07 Å². The Morgan fingerprint density at radius 3 is 1.32 bits per heavy atom. The van der Waals surface area contributed by atoms with Gasteiger partial charge in [0.25, 0.3) is 0 Å². The summed E-state index contributed by atoms with van der Waals surface area (Å²) in [6.07, 6.45) is 0. The third kappa shape index (κ3) is 4.29. The molecule has 0 aliphatic carbocycles. The van der Waals surface area contributed by atoms with Gasteiger partial charge in [-0.1, -0.05) is 109 Å². The standard InChI is InChI=1S/C49H30N4/c50-31-34-28-33(32-22-25-36(26-23-32)51-44-18-8-4-14-37(44)38-15-5-9-19-45(38)51)24-27-43(34)53-47-21-11-7-17-40(47)42-29-41-39-16-6-10-20-46(39)52(48(41)30-49(42)53)35-12-2-1-3-13-35/h1-30H. The summed E-state index contributed by atoms with van der Waals surface area (Å²) in [4.78, 5) is 0. The predicted molar refractivity (Wildman–Crippen MR) is 220 cm³/mol. The Kier molecular flexibility index (Phi) is 6.28. The van der Waals surface area contributed by atoms with Gasteiger partial charge in [0.15, 0.2) is 0 Å². The molecule has 0 N–H and O–H groups in total. The smallest absolute Gasteiger partial charge is 0.101 e. The Morgan fingerprint density at radius 1 is 0.321 bits per heavy atom. The second-order valence-corrected chi connectivity index (χ2v) is 13.7. The van der Waals surface area contributed by atoms with E-state index in [0.717, 1.165) is 55.5 Å². The molecule has 0 aliphatic heterocycles. The number of fused-ring (bicyclic) bond motifs is 9. The SMILES string of the molecule is N#Cc1cc(-c2ccc(-n3c4ccccc4c4ccccc43)cc2)ccc1-n1c2ccccc2c2cc3c4ccccc4n(-c4ccccc4)c3cc21. The van der Waals surface area contributed by atoms with E-state index in [1.54, 1.807) is 0 Å². The molecule has 0 saturated heterocycles. The molecule has 0 amide bonds. The molecule has 4 nitrogen and oxygen atoms in total. The first-order valence-corrected chi connectivity index (χ1v) is 17.9. The van der Waals surface area contributed by atoms with Crippen LogP contribution >= 0.6 is 0 Å². The van der Waals surface area contributed by atoms with Crippen LogP contribution in [0, 0.1) is 11.3 Å². The minimum absolute atomic E-state index is 0.625. The van der Waals surface area contributed by atoms with Crippen LogP contribution < -0.4 is 0 Å². The molecule has 0 bridgehead atoms. The highest BCUT2D eigenvalue weighted by Crippen LogP contribution is 2.40. The minimum atomic E-state index is 0.625. The molecule has 3 heterocycles. The molecule has 0 radical (unpaired) electrons. The summed E-state index contributed by atoms with van der Waals surface area (Å²) >= 11 is 0. The lowest BCUT2D eigenvalue weighted by atomic mass is 10.0. The van der Waals surface area contributed by atoms with Crippen molar-refractivity contribution in [2.45, 2.75) is 0 Å². The van der Waals surface area contributed by atoms with E-state index in [0.29, 0.717) is 5.56 Å². The third-order valence-electron chi connectivity index (χ3n) is 10.9. The average Bonchev–Trinajstić information content (AvgIpc) is 3.85. The van der Waals surface area contributed by atoms with Gasteiger partial charge in [-0.3, -0.25) is 0 Å². The van der Waals surface area contributed by atoms with Crippen molar-refractivity contribution in [1.82, 2.24) is 13.7 Å². The molecule has 0 atom stereocenters. The summed E-state index contributed by atoms with van der Waals surface area (Å²) in [5, 5.41) is 17.9. The Morgan fingerprint density at radius 2 is 0.755 bits per heavy atom. The second kappa shape index (κ2) is 11.3. The minimum Gasteiger partial charge on any atom is -0.309 e. The van der Waals surface area contributed by atoms with Gasteiger partial charge in [-0.05, 0) is 83.9 Å². The second-order valence-electron chi connectivity index (χ2n) is 13.7. The lowest BCUT2D eigenvalue weighted by Crippen LogP contribution is -1.99. The van der Waals surface area contributed by atoms with E-state index in [1.165, 1.54) is 38.1 Å². The predicted octanol–water partition coefficient (Wildman–Crippen LogP) is 12.5. The zero-order valence-electron chi connectivity index (χ0n) is 28.6. The molecular weight excluding hydrogens is 645 g/mol. The van der Waals surface area contributed by atoms with Crippen molar-refractivity contribution in [3.63, 3.8) is 0 Å². The summed E-state index contributed by atoms with van der Waals surface area (Å²) in [7, 11) is 0. The zero-order chi connectivity index (χ0) is 35.0. The van der Waals surface area contributed by atoms with Gasteiger partial charge in [-0.25, -0.2) is 0 Å². The van der Waals surface area contributed by atoms with Crippen molar-refractivity contribution < 1.29 is 0 Å². The first-order chi connectivity index (χ1) is 26.3. The van der Waals surface area contributed by atoms with Crippen molar-refractivity contribution in [2.24, 2.45) is 0 Å². The molecule has 3 aromatic heterocycles. The largest absolute Gasteiger partial charge is 0.309 e. The van der Waals surface area contributed by atoms with Crippen LogP contribution in [0.5, 0.6) is 0 Å². The van der Waals surface area contributed by atoms with Crippen LogP contribution in [0.25, 0.3) is 93.6 Å². The fourth-order valence-electron chi connectivity index (χ4n) is 8.55. The summed E-state index contributed by atoms with van der Waals surface area (Å²) in [6.45, 7) is 0. The number of para-hydroxylation sites is 5. The van der Waals surface area contributed by atoms with E-state index in [9.17, 15) is 5.26 Å². The number of hydrogen-bond acceptors (Lipinski definition) is 1.